The van der Waals surface area contributed by atoms with Gasteiger partial charge in [-0.05, 0) is 29.8 Å². The highest BCUT2D eigenvalue weighted by molar-refractivity contribution is 5.94. The minimum atomic E-state index is -2.91. The number of nitrogens with zero attached hydrogens (tertiary/aromatic N) is 2. The lowest BCUT2D eigenvalue weighted by atomic mass is 10.1. The molecule has 0 aliphatic heterocycles. The Morgan fingerprint density at radius 1 is 1.12 bits per heavy atom. The van der Waals surface area contributed by atoms with Crippen LogP contribution in [0.5, 0.6) is 5.75 Å². The molecule has 0 unspecified atom stereocenters. The van der Waals surface area contributed by atoms with E-state index in [0.29, 0.717) is 17.7 Å². The lowest BCUT2D eigenvalue weighted by molar-refractivity contribution is -0.0504. The van der Waals surface area contributed by atoms with Gasteiger partial charge in [-0.3, -0.25) is 9.48 Å². The summed E-state index contributed by atoms with van der Waals surface area (Å²) in [5, 5.41) is 6.85. The van der Waals surface area contributed by atoms with Gasteiger partial charge in [0.15, 0.2) is 0 Å². The van der Waals surface area contributed by atoms with Crippen LogP contribution in [0.25, 0.3) is 0 Å². The van der Waals surface area contributed by atoms with Crippen LogP contribution in [0, 0.1) is 0 Å². The molecule has 1 amide bonds. The van der Waals surface area contributed by atoms with E-state index in [1.54, 1.807) is 41.2 Å². The lowest BCUT2D eigenvalue weighted by Crippen LogP contribution is -2.23. The van der Waals surface area contributed by atoms with E-state index in [1.807, 2.05) is 24.4 Å². The first-order chi connectivity index (χ1) is 12.6. The molecule has 1 aromatic heterocycles. The van der Waals surface area contributed by atoms with Gasteiger partial charge in [-0.1, -0.05) is 30.3 Å². The Labute approximate surface area is 149 Å². The molecule has 0 aliphatic carbocycles. The Balaban J connectivity index is 1.60. The highest BCUT2D eigenvalue weighted by Gasteiger charge is 2.11. The van der Waals surface area contributed by atoms with E-state index in [2.05, 4.69) is 15.2 Å². The number of alkyl halides is 2. The molecular weight excluding hydrogens is 340 g/mol. The monoisotopic (exact) mass is 357 g/mol. The smallest absolute Gasteiger partial charge is 0.387 e. The number of benzene rings is 2. The quantitative estimate of drug-likeness (QED) is 0.705. The van der Waals surface area contributed by atoms with E-state index in [1.165, 1.54) is 6.07 Å². The summed E-state index contributed by atoms with van der Waals surface area (Å²) in [5.41, 5.74) is 1.99. The van der Waals surface area contributed by atoms with E-state index in [0.717, 1.165) is 5.56 Å². The van der Waals surface area contributed by atoms with Crippen molar-refractivity contribution in [2.24, 2.45) is 0 Å². The molecule has 2 aromatic carbocycles. The van der Waals surface area contributed by atoms with Crippen molar-refractivity contribution < 1.29 is 18.3 Å². The van der Waals surface area contributed by atoms with Crippen molar-refractivity contribution in [2.75, 3.05) is 0 Å². The molecule has 0 saturated carbocycles. The Kier molecular flexibility index (Phi) is 5.58. The minimum Gasteiger partial charge on any atom is -0.434 e. The van der Waals surface area contributed by atoms with Crippen LogP contribution in [0.3, 0.4) is 0 Å². The first-order valence-corrected chi connectivity index (χ1v) is 7.99. The number of carbonyl (C=O) groups excluding carboxylic acids is 1. The number of amides is 1. The molecule has 3 aromatic rings. The number of carbonyl (C=O) groups is 1. The Bertz CT molecular complexity index is 849. The maximum atomic E-state index is 12.4. The summed E-state index contributed by atoms with van der Waals surface area (Å²) >= 11 is 0. The van der Waals surface area contributed by atoms with Gasteiger partial charge in [0, 0.05) is 30.1 Å². The second kappa shape index (κ2) is 8.24. The molecule has 0 fully saturated rings. The summed E-state index contributed by atoms with van der Waals surface area (Å²) in [6.07, 6.45) is 3.57. The van der Waals surface area contributed by atoms with Gasteiger partial charge in [-0.15, -0.1) is 0 Å². The third-order valence-electron chi connectivity index (χ3n) is 3.75. The second-order valence-electron chi connectivity index (χ2n) is 5.57. The third kappa shape index (κ3) is 4.66. The fourth-order valence-corrected chi connectivity index (χ4v) is 2.48. The molecular formula is C19H17F2N3O2. The number of aromatic nitrogens is 2. The van der Waals surface area contributed by atoms with Crippen LogP contribution in [0.1, 0.15) is 21.5 Å². The fourth-order valence-electron chi connectivity index (χ4n) is 2.48. The van der Waals surface area contributed by atoms with Crippen LogP contribution < -0.4 is 10.1 Å². The molecule has 26 heavy (non-hydrogen) atoms. The molecule has 0 atom stereocenters. The maximum absolute atomic E-state index is 12.4. The summed E-state index contributed by atoms with van der Waals surface area (Å²) in [5.74, 6) is -0.236. The van der Waals surface area contributed by atoms with Crippen molar-refractivity contribution in [3.8, 4) is 5.75 Å². The average molecular weight is 357 g/mol. The molecule has 0 aliphatic rings. The van der Waals surface area contributed by atoms with Crippen LogP contribution in [-0.4, -0.2) is 22.3 Å². The van der Waals surface area contributed by atoms with Crippen LogP contribution in [-0.2, 0) is 13.1 Å². The van der Waals surface area contributed by atoms with Crippen molar-refractivity contribution >= 4 is 5.91 Å². The molecule has 1 heterocycles. The zero-order valence-electron chi connectivity index (χ0n) is 13.8. The molecule has 7 heteroatoms. The van der Waals surface area contributed by atoms with Gasteiger partial charge in [0.1, 0.15) is 5.75 Å². The van der Waals surface area contributed by atoms with Gasteiger partial charge in [-0.2, -0.15) is 13.9 Å². The highest BCUT2D eigenvalue weighted by atomic mass is 19.3. The fraction of sp³-hybridized carbons (Fsp3) is 0.158. The molecule has 0 radical (unpaired) electrons. The van der Waals surface area contributed by atoms with Crippen molar-refractivity contribution in [2.45, 2.75) is 19.7 Å². The van der Waals surface area contributed by atoms with Crippen molar-refractivity contribution in [3.63, 3.8) is 0 Å². The molecule has 3 rings (SSSR count). The predicted molar refractivity (Wildman–Crippen MR) is 92.0 cm³/mol. The van der Waals surface area contributed by atoms with Gasteiger partial charge in [0.05, 0.1) is 6.54 Å². The number of halogens is 2. The van der Waals surface area contributed by atoms with Crippen LogP contribution >= 0.6 is 0 Å². The SMILES string of the molecule is O=C(NCc1ccccc1OC(F)F)c1ccc(Cn2cccn2)cc1. The summed E-state index contributed by atoms with van der Waals surface area (Å²) in [6.45, 7) is -2.20. The number of nitrogens with one attached hydrogen (secondary N) is 1. The molecule has 1 N–H and O–H groups in total. The van der Waals surface area contributed by atoms with Crippen molar-refractivity contribution in [1.29, 1.82) is 0 Å². The average Bonchev–Trinajstić information content (AvgIpc) is 3.14. The Hall–Kier alpha value is -3.22. The summed E-state index contributed by atoms with van der Waals surface area (Å²) < 4.78 is 31.1. The van der Waals surface area contributed by atoms with Crippen LogP contribution in [0.2, 0.25) is 0 Å². The van der Waals surface area contributed by atoms with E-state index in [4.69, 9.17) is 0 Å². The van der Waals surface area contributed by atoms with Gasteiger partial charge in [-0.25, -0.2) is 0 Å². The number of hydrogen-bond donors (Lipinski definition) is 1. The molecule has 0 saturated heterocycles. The first-order valence-electron chi connectivity index (χ1n) is 7.99. The topological polar surface area (TPSA) is 56.1 Å². The van der Waals surface area contributed by atoms with E-state index in [9.17, 15) is 13.6 Å². The van der Waals surface area contributed by atoms with Gasteiger partial charge in [0.2, 0.25) is 0 Å². The zero-order chi connectivity index (χ0) is 18.4. The molecule has 0 spiro atoms. The van der Waals surface area contributed by atoms with Crippen molar-refractivity contribution in [1.82, 2.24) is 15.1 Å². The minimum absolute atomic E-state index is 0.0531. The zero-order valence-corrected chi connectivity index (χ0v) is 13.8. The van der Waals surface area contributed by atoms with Crippen LogP contribution in [0.15, 0.2) is 67.0 Å². The largest absolute Gasteiger partial charge is 0.434 e. The highest BCUT2D eigenvalue weighted by Crippen LogP contribution is 2.20. The van der Waals surface area contributed by atoms with E-state index < -0.39 is 6.61 Å². The molecule has 134 valence electrons. The van der Waals surface area contributed by atoms with E-state index >= 15 is 0 Å². The maximum Gasteiger partial charge on any atom is 0.387 e. The number of para-hydroxylation sites is 1. The normalized spacial score (nSPS) is 10.7. The number of hydrogen-bond acceptors (Lipinski definition) is 3. The molecule has 0 bridgehead atoms. The number of ether oxygens (including phenoxy) is 1. The van der Waals surface area contributed by atoms with Crippen molar-refractivity contribution in [3.05, 3.63) is 83.7 Å². The Morgan fingerprint density at radius 3 is 2.58 bits per heavy atom. The van der Waals surface area contributed by atoms with Gasteiger partial charge in [0.25, 0.3) is 5.91 Å². The molecule has 5 nitrogen and oxygen atoms in total. The van der Waals surface area contributed by atoms with Gasteiger partial charge >= 0.3 is 6.61 Å². The standard InChI is InChI=1S/C19H17F2N3O2/c20-19(21)26-17-5-2-1-4-16(17)12-22-18(25)15-8-6-14(7-9-15)13-24-11-3-10-23-24/h1-11,19H,12-13H2,(H,22,25). The predicted octanol–water partition coefficient (Wildman–Crippen LogP) is 3.46. The second-order valence-corrected chi connectivity index (χ2v) is 5.57. The van der Waals surface area contributed by atoms with Crippen LogP contribution in [0.4, 0.5) is 8.78 Å². The third-order valence-corrected chi connectivity index (χ3v) is 3.75. The van der Waals surface area contributed by atoms with E-state index in [-0.39, 0.29) is 18.2 Å². The summed E-state index contributed by atoms with van der Waals surface area (Å²) in [4.78, 5) is 12.3. The van der Waals surface area contributed by atoms with Gasteiger partial charge < -0.3 is 10.1 Å². The first kappa shape index (κ1) is 17.6. The Morgan fingerprint density at radius 2 is 1.88 bits per heavy atom. The number of rotatable bonds is 7. The summed E-state index contributed by atoms with van der Waals surface area (Å²) in [7, 11) is 0. The lowest BCUT2D eigenvalue weighted by Gasteiger charge is -2.11. The summed E-state index contributed by atoms with van der Waals surface area (Å²) in [6, 6.07) is 15.4.